The van der Waals surface area contributed by atoms with Gasteiger partial charge >= 0.3 is 0 Å². The van der Waals surface area contributed by atoms with Crippen LogP contribution in [-0.4, -0.2) is 16.9 Å². The Kier molecular flexibility index (Phi) is 2.03. The molecule has 0 amide bonds. The smallest absolute Gasteiger partial charge is 0.136 e. The van der Waals surface area contributed by atoms with Gasteiger partial charge in [0.15, 0.2) is 0 Å². The number of benzene rings is 1. The Labute approximate surface area is 94.0 Å². The van der Waals surface area contributed by atoms with Gasteiger partial charge < -0.3 is 9.40 Å². The Bertz CT molecular complexity index is 555. The number of nitrogens with zero attached hydrogens (tertiary/aromatic N) is 2. The maximum absolute atomic E-state index is 5.18. The average Bonchev–Trinajstić information content (AvgIpc) is 2.87. The second kappa shape index (κ2) is 3.52. The molecule has 0 bridgehead atoms. The van der Waals surface area contributed by atoms with Crippen molar-refractivity contribution in [2.24, 2.45) is 5.16 Å². The number of hydrogen-bond acceptors (Lipinski definition) is 2. The summed E-state index contributed by atoms with van der Waals surface area (Å²) >= 11 is 0. The number of hydrogen-bond donors (Lipinski definition) is 0. The van der Waals surface area contributed by atoms with E-state index < -0.39 is 0 Å². The SMILES string of the molecule is CCO/N=C1\c2ccccc2-n2cccc21. The summed E-state index contributed by atoms with van der Waals surface area (Å²) in [5.74, 6) is 0. The number of para-hydroxylation sites is 1. The van der Waals surface area contributed by atoms with Crippen LogP contribution in [0.5, 0.6) is 0 Å². The van der Waals surface area contributed by atoms with Crippen LogP contribution >= 0.6 is 0 Å². The fraction of sp³-hybridized carbons (Fsp3) is 0.154. The van der Waals surface area contributed by atoms with E-state index in [0.717, 1.165) is 17.0 Å². The van der Waals surface area contributed by atoms with Gasteiger partial charge in [-0.2, -0.15) is 0 Å². The van der Waals surface area contributed by atoms with E-state index in [4.69, 9.17) is 4.84 Å². The van der Waals surface area contributed by atoms with Crippen LogP contribution in [0, 0.1) is 0 Å². The molecule has 1 aliphatic rings. The van der Waals surface area contributed by atoms with Gasteiger partial charge in [0.05, 0.1) is 11.4 Å². The van der Waals surface area contributed by atoms with Crippen LogP contribution in [0.15, 0.2) is 47.8 Å². The van der Waals surface area contributed by atoms with Crippen molar-refractivity contribution in [3.05, 3.63) is 53.9 Å². The van der Waals surface area contributed by atoms with E-state index in [2.05, 4.69) is 27.9 Å². The van der Waals surface area contributed by atoms with Gasteiger partial charge in [-0.05, 0) is 25.1 Å². The first kappa shape index (κ1) is 9.21. The first-order chi connectivity index (χ1) is 7.92. The highest BCUT2D eigenvalue weighted by molar-refractivity contribution is 6.17. The lowest BCUT2D eigenvalue weighted by atomic mass is 10.1. The Hall–Kier alpha value is -2.03. The number of fused-ring (bicyclic) bond motifs is 3. The molecule has 16 heavy (non-hydrogen) atoms. The van der Waals surface area contributed by atoms with Gasteiger partial charge in [0.2, 0.25) is 0 Å². The summed E-state index contributed by atoms with van der Waals surface area (Å²) in [4.78, 5) is 5.18. The van der Waals surface area contributed by atoms with Crippen molar-refractivity contribution in [1.29, 1.82) is 0 Å². The molecule has 0 saturated heterocycles. The zero-order valence-electron chi connectivity index (χ0n) is 9.05. The molecule has 1 aliphatic heterocycles. The molecule has 0 radical (unpaired) electrons. The average molecular weight is 212 g/mol. The third-order valence-electron chi connectivity index (χ3n) is 2.70. The third-order valence-corrected chi connectivity index (χ3v) is 2.70. The molecule has 0 N–H and O–H groups in total. The van der Waals surface area contributed by atoms with Gasteiger partial charge in [-0.1, -0.05) is 23.4 Å². The maximum Gasteiger partial charge on any atom is 0.136 e. The van der Waals surface area contributed by atoms with Crippen LogP contribution in [0.25, 0.3) is 5.69 Å². The van der Waals surface area contributed by atoms with Crippen LogP contribution < -0.4 is 0 Å². The molecule has 1 aromatic carbocycles. The lowest BCUT2D eigenvalue weighted by molar-refractivity contribution is 0.159. The third kappa shape index (κ3) is 1.18. The van der Waals surface area contributed by atoms with Crippen molar-refractivity contribution in [3.8, 4) is 5.69 Å². The van der Waals surface area contributed by atoms with Crippen LogP contribution in [0.3, 0.4) is 0 Å². The molecule has 2 aromatic rings. The lowest BCUT2D eigenvalue weighted by Crippen LogP contribution is -1.99. The highest BCUT2D eigenvalue weighted by Crippen LogP contribution is 2.28. The molecular formula is C13H12N2O. The van der Waals surface area contributed by atoms with Gasteiger partial charge in [-0.3, -0.25) is 0 Å². The summed E-state index contributed by atoms with van der Waals surface area (Å²) in [7, 11) is 0. The normalized spacial score (nSPS) is 14.9. The number of oxime groups is 1. The minimum absolute atomic E-state index is 0.590. The van der Waals surface area contributed by atoms with Gasteiger partial charge in [-0.25, -0.2) is 0 Å². The summed E-state index contributed by atoms with van der Waals surface area (Å²) in [6, 6.07) is 12.3. The predicted molar refractivity (Wildman–Crippen MR) is 63.0 cm³/mol. The summed E-state index contributed by atoms with van der Waals surface area (Å²) < 4.78 is 2.13. The largest absolute Gasteiger partial charge is 0.396 e. The van der Waals surface area contributed by atoms with E-state index in [1.165, 1.54) is 5.69 Å². The number of aromatic nitrogens is 1. The molecule has 0 aliphatic carbocycles. The van der Waals surface area contributed by atoms with E-state index in [9.17, 15) is 0 Å². The quantitative estimate of drug-likeness (QED) is 0.600. The van der Waals surface area contributed by atoms with E-state index in [-0.39, 0.29) is 0 Å². The molecule has 0 saturated carbocycles. The zero-order valence-corrected chi connectivity index (χ0v) is 9.05. The lowest BCUT2D eigenvalue weighted by Gasteiger charge is -1.99. The Morgan fingerprint density at radius 1 is 1.19 bits per heavy atom. The molecule has 2 heterocycles. The molecule has 0 atom stereocenters. The van der Waals surface area contributed by atoms with Gasteiger partial charge in [-0.15, -0.1) is 0 Å². The van der Waals surface area contributed by atoms with Crippen LogP contribution in [0.2, 0.25) is 0 Å². The predicted octanol–water partition coefficient (Wildman–Crippen LogP) is 2.58. The topological polar surface area (TPSA) is 26.5 Å². The van der Waals surface area contributed by atoms with Crippen molar-refractivity contribution in [2.45, 2.75) is 6.92 Å². The summed E-state index contributed by atoms with van der Waals surface area (Å²) in [6.07, 6.45) is 2.04. The second-order valence-corrected chi connectivity index (χ2v) is 3.64. The molecular weight excluding hydrogens is 200 g/mol. The molecule has 1 aromatic heterocycles. The highest BCUT2D eigenvalue weighted by atomic mass is 16.6. The Morgan fingerprint density at radius 3 is 2.94 bits per heavy atom. The van der Waals surface area contributed by atoms with Crippen LogP contribution in [0.4, 0.5) is 0 Å². The fourth-order valence-electron chi connectivity index (χ4n) is 2.03. The first-order valence-corrected chi connectivity index (χ1v) is 5.39. The maximum atomic E-state index is 5.18. The summed E-state index contributed by atoms with van der Waals surface area (Å²) in [5.41, 5.74) is 4.31. The molecule has 3 nitrogen and oxygen atoms in total. The van der Waals surface area contributed by atoms with Crippen molar-refractivity contribution >= 4 is 5.71 Å². The summed E-state index contributed by atoms with van der Waals surface area (Å²) in [5, 5.41) is 4.19. The molecule has 3 rings (SSSR count). The van der Waals surface area contributed by atoms with E-state index in [0.29, 0.717) is 6.61 Å². The van der Waals surface area contributed by atoms with Gasteiger partial charge in [0.1, 0.15) is 12.3 Å². The zero-order chi connectivity index (χ0) is 11.0. The fourth-order valence-corrected chi connectivity index (χ4v) is 2.03. The van der Waals surface area contributed by atoms with E-state index in [1.807, 2.05) is 31.3 Å². The summed E-state index contributed by atoms with van der Waals surface area (Å²) in [6.45, 7) is 2.52. The van der Waals surface area contributed by atoms with Gasteiger partial charge in [0.25, 0.3) is 0 Å². The first-order valence-electron chi connectivity index (χ1n) is 5.39. The molecule has 80 valence electrons. The van der Waals surface area contributed by atoms with Crippen molar-refractivity contribution in [2.75, 3.05) is 6.61 Å². The monoisotopic (exact) mass is 212 g/mol. The standard InChI is InChI=1S/C13H12N2O/c1-2-16-14-13-10-6-3-4-7-11(10)15-9-5-8-12(13)15/h3-9H,2H2,1H3/b14-13+. The van der Waals surface area contributed by atoms with Crippen molar-refractivity contribution in [3.63, 3.8) is 0 Å². The minimum atomic E-state index is 0.590. The van der Waals surface area contributed by atoms with Gasteiger partial charge in [0, 0.05) is 11.8 Å². The van der Waals surface area contributed by atoms with Crippen LogP contribution in [-0.2, 0) is 4.84 Å². The van der Waals surface area contributed by atoms with E-state index >= 15 is 0 Å². The van der Waals surface area contributed by atoms with Crippen molar-refractivity contribution in [1.82, 2.24) is 4.57 Å². The molecule has 0 spiro atoms. The Morgan fingerprint density at radius 2 is 2.06 bits per heavy atom. The Balaban J connectivity index is 2.21. The van der Waals surface area contributed by atoms with E-state index in [1.54, 1.807) is 0 Å². The second-order valence-electron chi connectivity index (χ2n) is 3.64. The molecule has 0 unspecified atom stereocenters. The van der Waals surface area contributed by atoms with Crippen LogP contribution in [0.1, 0.15) is 18.2 Å². The molecule has 0 fully saturated rings. The molecule has 3 heteroatoms. The highest BCUT2D eigenvalue weighted by Gasteiger charge is 2.24. The minimum Gasteiger partial charge on any atom is -0.396 e. The number of rotatable bonds is 2. The van der Waals surface area contributed by atoms with Crippen molar-refractivity contribution < 1.29 is 4.84 Å².